The van der Waals surface area contributed by atoms with Crippen LogP contribution in [0.25, 0.3) is 0 Å². The number of hydrogen-bond acceptors (Lipinski definition) is 3. The number of benzene rings is 1. The van der Waals surface area contributed by atoms with Crippen LogP contribution in [0.1, 0.15) is 0 Å². The Balaban J connectivity index is 2.37. The smallest absolute Gasteiger partial charge is 0.169 e. The second kappa shape index (κ2) is 4.85. The van der Waals surface area contributed by atoms with Gasteiger partial charge in [0.05, 0.1) is 5.69 Å². The van der Waals surface area contributed by atoms with E-state index in [4.69, 9.17) is 5.73 Å². The fraction of sp³-hybridized carbons (Fsp3) is 0. The zero-order valence-electron chi connectivity index (χ0n) is 8.85. The Morgan fingerprint density at radius 3 is 2.44 bits per heavy atom. The summed E-state index contributed by atoms with van der Waals surface area (Å²) in [6.45, 7) is 0. The van der Waals surface area contributed by atoms with Crippen molar-refractivity contribution in [1.29, 1.82) is 0 Å². The van der Waals surface area contributed by atoms with Gasteiger partial charge < -0.3 is 11.1 Å². The minimum absolute atomic E-state index is 0.00982. The third-order valence-corrected chi connectivity index (χ3v) is 2.63. The van der Waals surface area contributed by atoms with E-state index in [0.29, 0.717) is 10.5 Å². The van der Waals surface area contributed by atoms with Gasteiger partial charge in [-0.1, -0.05) is 15.9 Å². The largest absolute Gasteiger partial charge is 0.381 e. The number of hydrogen-bond donors (Lipinski definition) is 2. The van der Waals surface area contributed by atoms with E-state index < -0.39 is 23.3 Å². The quantitative estimate of drug-likeness (QED) is 0.890. The van der Waals surface area contributed by atoms with Crippen molar-refractivity contribution in [3.8, 4) is 0 Å². The fourth-order valence-electron chi connectivity index (χ4n) is 1.29. The monoisotopic (exact) mass is 317 g/mol. The molecule has 0 aliphatic heterocycles. The van der Waals surface area contributed by atoms with E-state index in [1.165, 1.54) is 12.1 Å². The molecule has 3 nitrogen and oxygen atoms in total. The summed E-state index contributed by atoms with van der Waals surface area (Å²) in [7, 11) is 0. The van der Waals surface area contributed by atoms with E-state index in [9.17, 15) is 13.2 Å². The highest BCUT2D eigenvalue weighted by atomic mass is 79.9. The van der Waals surface area contributed by atoms with Crippen molar-refractivity contribution < 1.29 is 13.2 Å². The molecule has 94 valence electrons. The molecule has 3 N–H and O–H groups in total. The lowest BCUT2D eigenvalue weighted by atomic mass is 10.3. The molecular formula is C11H7BrF3N3. The number of pyridine rings is 1. The van der Waals surface area contributed by atoms with E-state index in [-0.39, 0.29) is 11.5 Å². The average molecular weight is 318 g/mol. The number of aromatic nitrogens is 1. The molecule has 1 heterocycles. The molecule has 0 aliphatic rings. The molecule has 1 aromatic heterocycles. The first-order valence-electron chi connectivity index (χ1n) is 4.81. The van der Waals surface area contributed by atoms with Gasteiger partial charge in [-0.05, 0) is 18.2 Å². The molecule has 0 spiro atoms. The molecule has 2 aromatic rings. The van der Waals surface area contributed by atoms with Crippen LogP contribution in [0, 0.1) is 17.5 Å². The molecule has 0 radical (unpaired) electrons. The maximum atomic E-state index is 13.5. The molecule has 0 atom stereocenters. The summed E-state index contributed by atoms with van der Waals surface area (Å²) >= 11 is 3.09. The molecule has 7 heteroatoms. The van der Waals surface area contributed by atoms with Crippen molar-refractivity contribution in [2.45, 2.75) is 0 Å². The van der Waals surface area contributed by atoms with Crippen LogP contribution in [0.3, 0.4) is 0 Å². The van der Waals surface area contributed by atoms with Gasteiger partial charge in [-0.2, -0.15) is 0 Å². The highest BCUT2D eigenvalue weighted by Crippen LogP contribution is 2.25. The molecule has 0 fully saturated rings. The van der Waals surface area contributed by atoms with Crippen LogP contribution in [-0.4, -0.2) is 4.98 Å². The summed E-state index contributed by atoms with van der Waals surface area (Å²) in [6, 6.07) is 4.74. The van der Waals surface area contributed by atoms with Crippen molar-refractivity contribution in [3.05, 3.63) is 46.2 Å². The second-order valence-electron chi connectivity index (χ2n) is 3.44. The summed E-state index contributed by atoms with van der Waals surface area (Å²) in [5.74, 6) is -3.32. The summed E-state index contributed by atoms with van der Waals surface area (Å²) in [5, 5.41) is 2.41. The lowest BCUT2D eigenvalue weighted by molar-refractivity contribution is 0.580. The van der Waals surface area contributed by atoms with Gasteiger partial charge in [0.15, 0.2) is 23.3 Å². The highest BCUT2D eigenvalue weighted by Gasteiger charge is 2.11. The Bertz CT molecular complexity index is 604. The lowest BCUT2D eigenvalue weighted by Gasteiger charge is -2.09. The summed E-state index contributed by atoms with van der Waals surface area (Å²) in [5.41, 5.74) is 5.22. The first-order valence-corrected chi connectivity index (χ1v) is 5.60. The number of nitrogens with one attached hydrogen (secondary N) is 1. The molecule has 2 rings (SSSR count). The minimum Gasteiger partial charge on any atom is -0.381 e. The van der Waals surface area contributed by atoms with Gasteiger partial charge in [0.1, 0.15) is 5.82 Å². The van der Waals surface area contributed by atoms with E-state index >= 15 is 0 Å². The number of anilines is 3. The molecule has 0 unspecified atom stereocenters. The first kappa shape index (κ1) is 12.7. The maximum Gasteiger partial charge on any atom is 0.169 e. The Labute approximate surface area is 109 Å². The third kappa shape index (κ3) is 2.56. The van der Waals surface area contributed by atoms with Gasteiger partial charge in [-0.25, -0.2) is 18.2 Å². The minimum atomic E-state index is -0.964. The zero-order valence-corrected chi connectivity index (χ0v) is 10.4. The molecule has 18 heavy (non-hydrogen) atoms. The van der Waals surface area contributed by atoms with Crippen LogP contribution in [0.2, 0.25) is 0 Å². The van der Waals surface area contributed by atoms with Gasteiger partial charge >= 0.3 is 0 Å². The van der Waals surface area contributed by atoms with E-state index in [1.54, 1.807) is 6.07 Å². The van der Waals surface area contributed by atoms with Crippen LogP contribution in [0.4, 0.5) is 30.5 Å². The number of rotatable bonds is 2. The zero-order chi connectivity index (χ0) is 13.3. The van der Waals surface area contributed by atoms with Crippen molar-refractivity contribution in [1.82, 2.24) is 4.98 Å². The first-order chi connectivity index (χ1) is 8.47. The number of halogens is 4. The normalized spacial score (nSPS) is 10.4. The number of nitrogens with zero attached hydrogens (tertiary/aromatic N) is 1. The Morgan fingerprint density at radius 2 is 1.78 bits per heavy atom. The molecule has 0 saturated heterocycles. The van der Waals surface area contributed by atoms with Crippen molar-refractivity contribution in [2.75, 3.05) is 11.1 Å². The highest BCUT2D eigenvalue weighted by molar-refractivity contribution is 9.10. The predicted octanol–water partition coefficient (Wildman–Crippen LogP) is 3.59. The Kier molecular flexibility index (Phi) is 3.42. The third-order valence-electron chi connectivity index (χ3n) is 2.14. The van der Waals surface area contributed by atoms with Crippen molar-refractivity contribution >= 4 is 33.3 Å². The Hall–Kier alpha value is -1.76. The van der Waals surface area contributed by atoms with Gasteiger partial charge in [-0.3, -0.25) is 0 Å². The maximum absolute atomic E-state index is 13.5. The van der Waals surface area contributed by atoms with E-state index in [1.807, 2.05) is 0 Å². The molecule has 0 amide bonds. The number of nitrogen functional groups attached to an aromatic ring is 1. The fourth-order valence-corrected chi connectivity index (χ4v) is 1.62. The van der Waals surface area contributed by atoms with Crippen molar-refractivity contribution in [3.63, 3.8) is 0 Å². The van der Waals surface area contributed by atoms with Crippen LogP contribution in [0.15, 0.2) is 28.7 Å². The van der Waals surface area contributed by atoms with Gasteiger partial charge in [0.2, 0.25) is 0 Å². The lowest BCUT2D eigenvalue weighted by Crippen LogP contribution is -2.04. The second-order valence-corrected chi connectivity index (χ2v) is 4.35. The standard InChI is InChI=1S/C11H7BrF3N3/c12-5-1-2-9(6(13)3-5)17-11-8(15)4-7(14)10(16)18-11/h1-4H,(H3,16,17,18). The SMILES string of the molecule is Nc1nc(Nc2ccc(Br)cc2F)c(F)cc1F. The molecule has 1 aromatic carbocycles. The van der Waals surface area contributed by atoms with Gasteiger partial charge in [0.25, 0.3) is 0 Å². The number of nitrogens with two attached hydrogens (primary N) is 1. The van der Waals surface area contributed by atoms with Crippen LogP contribution >= 0.6 is 15.9 Å². The molecular weight excluding hydrogens is 311 g/mol. The summed E-state index contributed by atoms with van der Waals surface area (Å²) in [4.78, 5) is 3.47. The molecule has 0 bridgehead atoms. The molecule has 0 saturated carbocycles. The Morgan fingerprint density at radius 1 is 1.06 bits per heavy atom. The van der Waals surface area contributed by atoms with E-state index in [0.717, 1.165) is 0 Å². The van der Waals surface area contributed by atoms with Crippen LogP contribution in [-0.2, 0) is 0 Å². The van der Waals surface area contributed by atoms with E-state index in [2.05, 4.69) is 26.2 Å². The molecule has 0 aliphatic carbocycles. The average Bonchev–Trinajstić information content (AvgIpc) is 2.29. The van der Waals surface area contributed by atoms with Gasteiger partial charge in [-0.15, -0.1) is 0 Å². The van der Waals surface area contributed by atoms with Crippen LogP contribution in [0.5, 0.6) is 0 Å². The predicted molar refractivity (Wildman–Crippen MR) is 65.9 cm³/mol. The topological polar surface area (TPSA) is 50.9 Å². The summed E-state index contributed by atoms with van der Waals surface area (Å²) < 4.78 is 40.3. The van der Waals surface area contributed by atoms with Crippen LogP contribution < -0.4 is 11.1 Å². The summed E-state index contributed by atoms with van der Waals surface area (Å²) in [6.07, 6.45) is 0. The van der Waals surface area contributed by atoms with Gasteiger partial charge in [0, 0.05) is 10.5 Å². The van der Waals surface area contributed by atoms with Crippen molar-refractivity contribution in [2.24, 2.45) is 0 Å².